The zero-order valence-corrected chi connectivity index (χ0v) is 12.7. The number of benzene rings is 1. The van der Waals surface area contributed by atoms with Crippen LogP contribution in [0.4, 0.5) is 0 Å². The van der Waals surface area contributed by atoms with Crippen LogP contribution in [0, 0.1) is 5.92 Å². The summed E-state index contributed by atoms with van der Waals surface area (Å²) in [7, 11) is 0. The summed E-state index contributed by atoms with van der Waals surface area (Å²) in [5, 5.41) is 0. The van der Waals surface area contributed by atoms with Gasteiger partial charge in [-0.3, -0.25) is 0 Å². The molecule has 2 N–H and O–H groups in total. The van der Waals surface area contributed by atoms with Gasteiger partial charge < -0.3 is 10.5 Å². The molecular weight excluding hydrogens is 246 g/mol. The normalized spacial score (nSPS) is 29.6. The minimum atomic E-state index is -0.111. The van der Waals surface area contributed by atoms with Gasteiger partial charge in [-0.25, -0.2) is 0 Å². The van der Waals surface area contributed by atoms with Crippen LogP contribution in [-0.4, -0.2) is 6.61 Å². The molecule has 0 bridgehead atoms. The molecule has 2 heteroatoms. The molecule has 1 aliphatic carbocycles. The third-order valence-corrected chi connectivity index (χ3v) is 5.20. The topological polar surface area (TPSA) is 35.2 Å². The molecule has 1 fully saturated rings. The summed E-state index contributed by atoms with van der Waals surface area (Å²) < 4.78 is 5.61. The Morgan fingerprint density at radius 3 is 3.05 bits per heavy atom. The van der Waals surface area contributed by atoms with E-state index >= 15 is 0 Å². The molecule has 3 rings (SSSR count). The molecule has 2 unspecified atom stereocenters. The molecule has 1 aromatic carbocycles. The molecule has 0 amide bonds. The van der Waals surface area contributed by atoms with Crippen LogP contribution in [-0.2, 0) is 12.0 Å². The predicted octanol–water partition coefficient (Wildman–Crippen LogP) is 4.16. The van der Waals surface area contributed by atoms with E-state index in [0.717, 1.165) is 37.5 Å². The molecule has 0 radical (unpaired) electrons. The van der Waals surface area contributed by atoms with Gasteiger partial charge in [0.1, 0.15) is 5.75 Å². The van der Waals surface area contributed by atoms with Crippen LogP contribution in [0.1, 0.15) is 63.0 Å². The first-order valence-corrected chi connectivity index (χ1v) is 8.26. The van der Waals surface area contributed by atoms with Gasteiger partial charge in [-0.15, -0.1) is 0 Å². The third-order valence-electron chi connectivity index (χ3n) is 5.20. The largest absolute Gasteiger partial charge is 0.493 e. The first-order chi connectivity index (χ1) is 9.71. The summed E-state index contributed by atoms with van der Waals surface area (Å²) in [5.74, 6) is 1.96. The van der Waals surface area contributed by atoms with Crippen molar-refractivity contribution in [3.63, 3.8) is 0 Å². The van der Waals surface area contributed by atoms with Crippen molar-refractivity contribution >= 4 is 0 Å². The van der Waals surface area contributed by atoms with Crippen LogP contribution in [0.15, 0.2) is 18.2 Å². The van der Waals surface area contributed by atoms with Gasteiger partial charge in [-0.05, 0) is 42.4 Å². The van der Waals surface area contributed by atoms with Gasteiger partial charge in [0.15, 0.2) is 0 Å². The predicted molar refractivity (Wildman–Crippen MR) is 83.0 cm³/mol. The summed E-state index contributed by atoms with van der Waals surface area (Å²) in [6, 6.07) is 6.63. The maximum absolute atomic E-state index is 6.79. The monoisotopic (exact) mass is 273 g/mol. The van der Waals surface area contributed by atoms with E-state index in [4.69, 9.17) is 10.5 Å². The number of hydrogen-bond acceptors (Lipinski definition) is 2. The smallest absolute Gasteiger partial charge is 0.122 e. The lowest BCUT2D eigenvalue weighted by Crippen LogP contribution is -2.36. The molecule has 1 aliphatic heterocycles. The maximum Gasteiger partial charge on any atom is 0.122 e. The number of hydrogen-bond donors (Lipinski definition) is 1. The fourth-order valence-corrected chi connectivity index (χ4v) is 3.92. The number of rotatable bonds is 3. The molecule has 0 aromatic heterocycles. The Hall–Kier alpha value is -1.02. The zero-order chi connectivity index (χ0) is 14.0. The van der Waals surface area contributed by atoms with Crippen molar-refractivity contribution in [3.8, 4) is 5.75 Å². The lowest BCUT2D eigenvalue weighted by molar-refractivity contribution is 0.355. The molecular formula is C18H27NO. The SMILES string of the molecule is CCCC1CCCC(N)(c2ccc3c(c2)CCO3)CC1. The summed E-state index contributed by atoms with van der Waals surface area (Å²) >= 11 is 0. The van der Waals surface area contributed by atoms with Crippen LogP contribution in [0.2, 0.25) is 0 Å². The van der Waals surface area contributed by atoms with Crippen LogP contribution >= 0.6 is 0 Å². The van der Waals surface area contributed by atoms with Gasteiger partial charge in [-0.2, -0.15) is 0 Å². The van der Waals surface area contributed by atoms with E-state index in [1.807, 2.05) is 0 Å². The molecule has 110 valence electrons. The molecule has 2 atom stereocenters. The van der Waals surface area contributed by atoms with E-state index in [2.05, 4.69) is 25.1 Å². The summed E-state index contributed by atoms with van der Waals surface area (Å²) in [5.41, 5.74) is 9.36. The first-order valence-electron chi connectivity index (χ1n) is 8.26. The molecule has 1 aromatic rings. The van der Waals surface area contributed by atoms with Crippen molar-refractivity contribution in [3.05, 3.63) is 29.3 Å². The van der Waals surface area contributed by atoms with Gasteiger partial charge in [0.2, 0.25) is 0 Å². The Bertz CT molecular complexity index is 470. The molecule has 1 saturated carbocycles. The second-order valence-corrected chi connectivity index (χ2v) is 6.66. The first kappa shape index (κ1) is 13.9. The van der Waals surface area contributed by atoms with Crippen molar-refractivity contribution in [2.45, 2.75) is 63.8 Å². The van der Waals surface area contributed by atoms with Crippen molar-refractivity contribution in [1.29, 1.82) is 0 Å². The van der Waals surface area contributed by atoms with E-state index in [1.165, 1.54) is 43.2 Å². The Labute approximate surface area is 122 Å². The van der Waals surface area contributed by atoms with E-state index in [-0.39, 0.29) is 5.54 Å². The summed E-state index contributed by atoms with van der Waals surface area (Å²) in [6.07, 6.45) is 9.90. The van der Waals surface area contributed by atoms with Crippen molar-refractivity contribution in [2.24, 2.45) is 11.7 Å². The minimum Gasteiger partial charge on any atom is -0.493 e. The molecule has 0 spiro atoms. The lowest BCUT2D eigenvalue weighted by Gasteiger charge is -2.29. The molecule has 2 aliphatic rings. The van der Waals surface area contributed by atoms with E-state index in [0.29, 0.717) is 0 Å². The highest BCUT2D eigenvalue weighted by Crippen LogP contribution is 2.39. The van der Waals surface area contributed by atoms with E-state index < -0.39 is 0 Å². The van der Waals surface area contributed by atoms with Crippen LogP contribution in [0.5, 0.6) is 5.75 Å². The Morgan fingerprint density at radius 1 is 1.30 bits per heavy atom. The van der Waals surface area contributed by atoms with E-state index in [1.54, 1.807) is 0 Å². The Morgan fingerprint density at radius 2 is 2.20 bits per heavy atom. The quantitative estimate of drug-likeness (QED) is 0.839. The van der Waals surface area contributed by atoms with Crippen LogP contribution in [0.25, 0.3) is 0 Å². The Kier molecular flexibility index (Phi) is 4.02. The van der Waals surface area contributed by atoms with Crippen LogP contribution < -0.4 is 10.5 Å². The fraction of sp³-hybridized carbons (Fsp3) is 0.667. The number of nitrogens with two attached hydrogens (primary N) is 1. The summed E-state index contributed by atoms with van der Waals surface area (Å²) in [6.45, 7) is 3.12. The second-order valence-electron chi connectivity index (χ2n) is 6.66. The van der Waals surface area contributed by atoms with Gasteiger partial charge in [0.25, 0.3) is 0 Å². The zero-order valence-electron chi connectivity index (χ0n) is 12.7. The second kappa shape index (κ2) is 5.77. The average molecular weight is 273 g/mol. The maximum atomic E-state index is 6.79. The lowest BCUT2D eigenvalue weighted by atomic mass is 9.82. The van der Waals surface area contributed by atoms with Gasteiger partial charge >= 0.3 is 0 Å². The minimum absolute atomic E-state index is 0.111. The van der Waals surface area contributed by atoms with Gasteiger partial charge in [0.05, 0.1) is 6.61 Å². The fourth-order valence-electron chi connectivity index (χ4n) is 3.92. The molecule has 0 saturated heterocycles. The molecule has 1 heterocycles. The average Bonchev–Trinajstić information content (AvgIpc) is 2.84. The van der Waals surface area contributed by atoms with Crippen molar-refractivity contribution in [1.82, 2.24) is 0 Å². The molecule has 2 nitrogen and oxygen atoms in total. The summed E-state index contributed by atoms with van der Waals surface area (Å²) in [4.78, 5) is 0. The van der Waals surface area contributed by atoms with Gasteiger partial charge in [0, 0.05) is 12.0 Å². The highest BCUT2D eigenvalue weighted by molar-refractivity contribution is 5.42. The standard InChI is InChI=1S/C18H27NO/c1-2-4-14-5-3-10-18(19,11-8-14)16-6-7-17-15(13-16)9-12-20-17/h6-7,13-14H,2-5,8-12,19H2,1H3. The Balaban J connectivity index is 1.78. The molecule has 20 heavy (non-hydrogen) atoms. The third kappa shape index (κ3) is 2.71. The number of fused-ring (bicyclic) bond motifs is 1. The number of ether oxygens (including phenoxy) is 1. The highest BCUT2D eigenvalue weighted by Gasteiger charge is 2.31. The van der Waals surface area contributed by atoms with Crippen LogP contribution in [0.3, 0.4) is 0 Å². The van der Waals surface area contributed by atoms with E-state index in [9.17, 15) is 0 Å². The highest BCUT2D eigenvalue weighted by atomic mass is 16.5. The van der Waals surface area contributed by atoms with Crippen molar-refractivity contribution < 1.29 is 4.74 Å². The van der Waals surface area contributed by atoms with Crippen molar-refractivity contribution in [2.75, 3.05) is 6.61 Å². The van der Waals surface area contributed by atoms with Gasteiger partial charge in [-0.1, -0.05) is 44.7 Å².